The van der Waals surface area contributed by atoms with Gasteiger partial charge in [-0.25, -0.2) is 0 Å². The monoisotopic (exact) mass is 539 g/mol. The quantitative estimate of drug-likeness (QED) is 0.458. The van der Waals surface area contributed by atoms with Gasteiger partial charge in [0.05, 0.1) is 0 Å². The molecule has 0 aromatic heterocycles. The Labute approximate surface area is 211 Å². The number of rotatable bonds is 3. The molecule has 0 aliphatic heterocycles. The first kappa shape index (κ1) is 33.1. The third-order valence-electron chi connectivity index (χ3n) is 3.02. The van der Waals surface area contributed by atoms with Gasteiger partial charge in [0.1, 0.15) is 0 Å². The molecule has 92 valence electrons. The van der Waals surface area contributed by atoms with Gasteiger partial charge in [0.25, 0.3) is 0 Å². The van der Waals surface area contributed by atoms with Crippen molar-refractivity contribution >= 4 is 0 Å². The topological polar surface area (TPSA) is 0 Å². The van der Waals surface area contributed by atoms with Crippen molar-refractivity contribution in [1.29, 1.82) is 0 Å². The molecule has 0 N–H and O–H groups in total. The van der Waals surface area contributed by atoms with Crippen LogP contribution in [-0.2, 0) is 131 Å². The van der Waals surface area contributed by atoms with Crippen molar-refractivity contribution in [3.63, 3.8) is 0 Å². The summed E-state index contributed by atoms with van der Waals surface area (Å²) in [6, 6.07) is 0. The Hall–Kier alpha value is 4.42. The van der Waals surface area contributed by atoms with Crippen LogP contribution in [0.5, 0.6) is 0 Å². The molecular formula is C13H27Y4-. The Bertz CT molecular complexity index is 159. The maximum atomic E-state index is 2.38. The van der Waals surface area contributed by atoms with E-state index in [1.165, 1.54) is 6.42 Å². The minimum Gasteiger partial charge on any atom is -0.316 e. The van der Waals surface area contributed by atoms with Crippen LogP contribution in [0.4, 0.5) is 0 Å². The summed E-state index contributed by atoms with van der Waals surface area (Å²) in [7, 11) is 0. The Morgan fingerprint density at radius 2 is 1.12 bits per heavy atom. The maximum Gasteiger partial charge on any atom is 0 e. The van der Waals surface area contributed by atoms with Crippen LogP contribution in [0.3, 0.4) is 0 Å². The van der Waals surface area contributed by atoms with Gasteiger partial charge in [-0.05, 0) is 11.8 Å². The Kier molecular flexibility index (Phi) is 27.3. The standard InChI is InChI=1S/C13H27.4Y/c1-10(2)11(3)13(7,8)9-12(4,5)6;;;;/h11H,9H2,1-8H3;;;;/q-1;;;;. The second kappa shape index (κ2) is 14.0. The van der Waals surface area contributed by atoms with E-state index in [2.05, 4.69) is 55.4 Å². The SMILES string of the molecule is C[C-](C)C(C)C(C)(C)CC(C)(C)C.[Y].[Y].[Y].[Y]. The van der Waals surface area contributed by atoms with Gasteiger partial charge in [-0.15, -0.1) is 0 Å². The minimum atomic E-state index is 0. The molecule has 0 saturated heterocycles. The molecule has 4 radical (unpaired) electrons. The number of hydrogen-bond donors (Lipinski definition) is 0. The van der Waals surface area contributed by atoms with Crippen molar-refractivity contribution in [1.82, 2.24) is 0 Å². The summed E-state index contributed by atoms with van der Waals surface area (Å²) in [6.07, 6.45) is 1.28. The fraction of sp³-hybridized carbons (Fsp3) is 0.923. The summed E-state index contributed by atoms with van der Waals surface area (Å²) in [5.74, 6) is 2.26. The van der Waals surface area contributed by atoms with Crippen molar-refractivity contribution in [2.45, 2.75) is 61.8 Å². The van der Waals surface area contributed by atoms with E-state index in [-0.39, 0.29) is 131 Å². The van der Waals surface area contributed by atoms with Crippen molar-refractivity contribution < 1.29 is 131 Å². The van der Waals surface area contributed by atoms with Gasteiger partial charge in [-0.3, -0.25) is 0 Å². The molecule has 17 heavy (non-hydrogen) atoms. The minimum absolute atomic E-state index is 0. The first-order valence-corrected chi connectivity index (χ1v) is 5.36. The van der Waals surface area contributed by atoms with E-state index in [0.29, 0.717) is 16.7 Å². The average Bonchev–Trinajstić information content (AvgIpc) is 1.80. The van der Waals surface area contributed by atoms with E-state index in [9.17, 15) is 0 Å². The maximum absolute atomic E-state index is 2.38. The number of hydrogen-bond acceptors (Lipinski definition) is 0. The molecule has 0 rings (SSSR count). The van der Waals surface area contributed by atoms with Crippen LogP contribution < -0.4 is 0 Å². The molecule has 0 aliphatic rings. The molecule has 1 atom stereocenters. The molecule has 0 amide bonds. The molecule has 0 heterocycles. The predicted octanol–water partition coefficient (Wildman–Crippen LogP) is 4.69. The molecular weight excluding hydrogens is 512 g/mol. The van der Waals surface area contributed by atoms with Crippen LogP contribution in [0.25, 0.3) is 0 Å². The summed E-state index contributed by atoms with van der Waals surface area (Å²) >= 11 is 0. The Morgan fingerprint density at radius 3 is 1.29 bits per heavy atom. The van der Waals surface area contributed by atoms with Crippen LogP contribution in [-0.4, -0.2) is 0 Å². The second-order valence-electron chi connectivity index (χ2n) is 6.53. The fourth-order valence-corrected chi connectivity index (χ4v) is 2.30. The van der Waals surface area contributed by atoms with E-state index in [0.717, 1.165) is 0 Å². The van der Waals surface area contributed by atoms with Gasteiger partial charge in [0, 0.05) is 131 Å². The van der Waals surface area contributed by atoms with Crippen molar-refractivity contribution in [2.75, 3.05) is 0 Å². The van der Waals surface area contributed by atoms with Crippen molar-refractivity contribution in [2.24, 2.45) is 16.7 Å². The molecule has 4 heteroatoms. The largest absolute Gasteiger partial charge is 0.316 e. The van der Waals surface area contributed by atoms with Gasteiger partial charge in [0.2, 0.25) is 0 Å². The second-order valence-corrected chi connectivity index (χ2v) is 6.53. The average molecular weight is 539 g/mol. The predicted molar refractivity (Wildman–Crippen MR) is 61.6 cm³/mol. The fourth-order valence-electron chi connectivity index (χ4n) is 2.30. The van der Waals surface area contributed by atoms with Gasteiger partial charge in [0.15, 0.2) is 0 Å². The molecule has 0 spiro atoms. The Morgan fingerprint density at radius 1 is 0.824 bits per heavy atom. The summed E-state index contributed by atoms with van der Waals surface area (Å²) in [5, 5.41) is 0. The molecule has 1 unspecified atom stereocenters. The van der Waals surface area contributed by atoms with Crippen LogP contribution in [0.1, 0.15) is 61.8 Å². The van der Waals surface area contributed by atoms with Gasteiger partial charge in [-0.2, -0.15) is 19.8 Å². The molecule has 0 bridgehead atoms. The molecule has 0 nitrogen and oxygen atoms in total. The smallest absolute Gasteiger partial charge is 0 e. The summed E-state index contributed by atoms with van der Waals surface area (Å²) in [4.78, 5) is 0. The zero-order valence-electron chi connectivity index (χ0n) is 13.1. The zero-order valence-corrected chi connectivity index (χ0v) is 24.4. The van der Waals surface area contributed by atoms with E-state index >= 15 is 0 Å². The molecule has 0 fully saturated rings. The van der Waals surface area contributed by atoms with Crippen LogP contribution >= 0.6 is 0 Å². The van der Waals surface area contributed by atoms with Gasteiger partial charge in [-0.1, -0.05) is 47.0 Å². The molecule has 0 aliphatic carbocycles. The molecule has 0 saturated carbocycles. The third-order valence-corrected chi connectivity index (χ3v) is 3.02. The zero-order chi connectivity index (χ0) is 10.9. The van der Waals surface area contributed by atoms with Gasteiger partial charge < -0.3 is 5.92 Å². The van der Waals surface area contributed by atoms with Gasteiger partial charge >= 0.3 is 0 Å². The van der Waals surface area contributed by atoms with Crippen LogP contribution in [0.2, 0.25) is 0 Å². The summed E-state index contributed by atoms with van der Waals surface area (Å²) in [5.41, 5.74) is 0.865. The third kappa shape index (κ3) is 16.6. The first-order valence-electron chi connectivity index (χ1n) is 5.36. The van der Waals surface area contributed by atoms with E-state index in [1.807, 2.05) is 0 Å². The van der Waals surface area contributed by atoms with Crippen LogP contribution in [0.15, 0.2) is 0 Å². The van der Waals surface area contributed by atoms with E-state index in [4.69, 9.17) is 0 Å². The van der Waals surface area contributed by atoms with Crippen molar-refractivity contribution in [3.8, 4) is 0 Å². The molecule has 0 aromatic rings. The summed E-state index contributed by atoms with van der Waals surface area (Å²) in [6.45, 7) is 18.6. The van der Waals surface area contributed by atoms with E-state index < -0.39 is 0 Å². The molecule has 0 aromatic carbocycles. The Balaban J connectivity index is -0.000000120. The van der Waals surface area contributed by atoms with E-state index in [1.54, 1.807) is 5.92 Å². The first-order chi connectivity index (χ1) is 5.56. The normalized spacial score (nSPS) is 12.5. The van der Waals surface area contributed by atoms with Crippen LogP contribution in [0, 0.1) is 22.7 Å². The summed E-state index contributed by atoms with van der Waals surface area (Å²) < 4.78 is 0. The van der Waals surface area contributed by atoms with Crippen molar-refractivity contribution in [3.05, 3.63) is 5.92 Å².